The number of amides is 1. The summed E-state index contributed by atoms with van der Waals surface area (Å²) in [6.07, 6.45) is 3.17. The van der Waals surface area contributed by atoms with Gasteiger partial charge in [-0.25, -0.2) is 4.98 Å². The molecule has 0 aliphatic carbocycles. The van der Waals surface area contributed by atoms with E-state index in [9.17, 15) is 4.79 Å². The van der Waals surface area contributed by atoms with E-state index in [0.717, 1.165) is 44.1 Å². The highest BCUT2D eigenvalue weighted by atomic mass is 16.1. The standard InChI is InChI=1S/C17H25N7O/c1-11(2)9-13(21-17(25)12-3-6-20-14(18)10-12)16-23-22-15-4-5-19-7-8-24(15)16/h3,6,10-11,13,19H,4-5,7-9H2,1-2H3,(H2,18,20)(H,21,25)/t13-/m0/s1. The molecule has 4 N–H and O–H groups in total. The first kappa shape index (κ1) is 17.3. The average molecular weight is 343 g/mol. The summed E-state index contributed by atoms with van der Waals surface area (Å²) in [5.41, 5.74) is 6.19. The first-order valence-electron chi connectivity index (χ1n) is 8.69. The molecule has 1 aliphatic heterocycles. The van der Waals surface area contributed by atoms with Crippen molar-refractivity contribution < 1.29 is 4.79 Å². The Morgan fingerprint density at radius 3 is 3.00 bits per heavy atom. The molecule has 8 heteroatoms. The number of nitrogens with two attached hydrogens (primary N) is 1. The number of anilines is 1. The van der Waals surface area contributed by atoms with Crippen molar-refractivity contribution in [3.8, 4) is 0 Å². The Morgan fingerprint density at radius 1 is 1.40 bits per heavy atom. The minimum atomic E-state index is -0.193. The quantitative estimate of drug-likeness (QED) is 0.744. The topological polar surface area (TPSA) is 111 Å². The summed E-state index contributed by atoms with van der Waals surface area (Å²) < 4.78 is 2.13. The molecule has 2 aromatic heterocycles. The van der Waals surface area contributed by atoms with Crippen LogP contribution in [0.15, 0.2) is 18.3 Å². The van der Waals surface area contributed by atoms with Crippen LogP contribution < -0.4 is 16.4 Å². The highest BCUT2D eigenvalue weighted by molar-refractivity contribution is 5.94. The van der Waals surface area contributed by atoms with Crippen LogP contribution in [0.5, 0.6) is 0 Å². The summed E-state index contributed by atoms with van der Waals surface area (Å²) in [5, 5.41) is 15.2. The predicted molar refractivity (Wildman–Crippen MR) is 94.9 cm³/mol. The van der Waals surface area contributed by atoms with E-state index in [4.69, 9.17) is 5.73 Å². The molecule has 3 rings (SSSR count). The summed E-state index contributed by atoms with van der Waals surface area (Å²) >= 11 is 0. The third-order valence-corrected chi connectivity index (χ3v) is 4.26. The van der Waals surface area contributed by atoms with Crippen LogP contribution in [0.25, 0.3) is 0 Å². The Bertz CT molecular complexity index is 740. The maximum atomic E-state index is 12.7. The van der Waals surface area contributed by atoms with E-state index in [-0.39, 0.29) is 11.9 Å². The summed E-state index contributed by atoms with van der Waals surface area (Å²) in [4.78, 5) is 16.6. The molecule has 0 radical (unpaired) electrons. The van der Waals surface area contributed by atoms with Crippen molar-refractivity contribution in [3.63, 3.8) is 0 Å². The Labute approximate surface area is 147 Å². The van der Waals surface area contributed by atoms with Crippen LogP contribution in [-0.2, 0) is 13.0 Å². The fourth-order valence-electron chi connectivity index (χ4n) is 3.08. The van der Waals surface area contributed by atoms with Gasteiger partial charge in [-0.1, -0.05) is 13.8 Å². The SMILES string of the molecule is CC(C)C[C@H](NC(=O)c1ccnc(N)c1)c1nnc2n1CCNCC2. The van der Waals surface area contributed by atoms with Gasteiger partial charge in [0.05, 0.1) is 6.04 Å². The van der Waals surface area contributed by atoms with Crippen LogP contribution in [0.2, 0.25) is 0 Å². The van der Waals surface area contributed by atoms with Crippen molar-refractivity contribution >= 4 is 11.7 Å². The molecule has 3 heterocycles. The van der Waals surface area contributed by atoms with Crippen molar-refractivity contribution in [2.45, 2.75) is 39.3 Å². The van der Waals surface area contributed by atoms with Crippen LogP contribution in [0.1, 0.15) is 48.3 Å². The third kappa shape index (κ3) is 4.14. The maximum absolute atomic E-state index is 12.7. The molecule has 1 atom stereocenters. The number of carbonyl (C=O) groups excluding carboxylic acids is 1. The van der Waals surface area contributed by atoms with Crippen LogP contribution >= 0.6 is 0 Å². The van der Waals surface area contributed by atoms with Gasteiger partial charge >= 0.3 is 0 Å². The Morgan fingerprint density at radius 2 is 2.24 bits per heavy atom. The second-order valence-corrected chi connectivity index (χ2v) is 6.75. The van der Waals surface area contributed by atoms with Crippen molar-refractivity contribution in [1.29, 1.82) is 0 Å². The van der Waals surface area contributed by atoms with Gasteiger partial charge in [0.2, 0.25) is 0 Å². The number of aromatic nitrogens is 4. The number of nitrogens with one attached hydrogen (secondary N) is 2. The van der Waals surface area contributed by atoms with Gasteiger partial charge in [-0.2, -0.15) is 0 Å². The zero-order valence-corrected chi connectivity index (χ0v) is 14.7. The minimum absolute atomic E-state index is 0.177. The van der Waals surface area contributed by atoms with Gasteiger partial charge in [-0.15, -0.1) is 10.2 Å². The molecule has 1 aliphatic rings. The summed E-state index contributed by atoms with van der Waals surface area (Å²) in [7, 11) is 0. The van der Waals surface area contributed by atoms with Crippen molar-refractivity contribution in [3.05, 3.63) is 35.5 Å². The summed E-state index contributed by atoms with van der Waals surface area (Å²) in [5.74, 6) is 2.35. The Hall–Kier alpha value is -2.48. The van der Waals surface area contributed by atoms with E-state index in [0.29, 0.717) is 17.3 Å². The third-order valence-electron chi connectivity index (χ3n) is 4.26. The zero-order valence-electron chi connectivity index (χ0n) is 14.7. The first-order valence-corrected chi connectivity index (χ1v) is 8.69. The van der Waals surface area contributed by atoms with E-state index in [2.05, 4.69) is 44.2 Å². The van der Waals surface area contributed by atoms with E-state index >= 15 is 0 Å². The molecule has 0 bridgehead atoms. The monoisotopic (exact) mass is 343 g/mol. The average Bonchev–Trinajstić information content (AvgIpc) is 2.82. The molecule has 0 saturated carbocycles. The predicted octanol–water partition coefficient (Wildman–Crippen LogP) is 0.918. The molecule has 8 nitrogen and oxygen atoms in total. The van der Waals surface area contributed by atoms with Gasteiger partial charge in [0.15, 0.2) is 5.82 Å². The van der Waals surface area contributed by atoms with E-state index in [1.807, 2.05) is 0 Å². The minimum Gasteiger partial charge on any atom is -0.384 e. The Balaban J connectivity index is 1.85. The zero-order chi connectivity index (χ0) is 17.8. The van der Waals surface area contributed by atoms with Gasteiger partial charge in [0.1, 0.15) is 11.6 Å². The van der Waals surface area contributed by atoms with Crippen LogP contribution in [0, 0.1) is 5.92 Å². The van der Waals surface area contributed by atoms with Gasteiger partial charge in [0, 0.05) is 37.8 Å². The summed E-state index contributed by atoms with van der Waals surface area (Å²) in [6, 6.07) is 3.05. The molecule has 0 unspecified atom stereocenters. The summed E-state index contributed by atoms with van der Waals surface area (Å²) in [6.45, 7) is 6.84. The highest BCUT2D eigenvalue weighted by Gasteiger charge is 2.25. The number of nitrogen functional groups attached to an aromatic ring is 1. The van der Waals surface area contributed by atoms with Gasteiger partial charge < -0.3 is 20.9 Å². The van der Waals surface area contributed by atoms with Crippen LogP contribution in [0.4, 0.5) is 5.82 Å². The molecule has 25 heavy (non-hydrogen) atoms. The first-order chi connectivity index (χ1) is 12.0. The molecule has 1 amide bonds. The molecule has 0 saturated heterocycles. The van der Waals surface area contributed by atoms with Crippen LogP contribution in [0.3, 0.4) is 0 Å². The lowest BCUT2D eigenvalue weighted by Crippen LogP contribution is -2.32. The van der Waals surface area contributed by atoms with Gasteiger partial charge in [-0.3, -0.25) is 4.79 Å². The van der Waals surface area contributed by atoms with E-state index in [1.165, 1.54) is 6.20 Å². The van der Waals surface area contributed by atoms with E-state index in [1.54, 1.807) is 12.1 Å². The molecular weight excluding hydrogens is 318 g/mol. The number of fused-ring (bicyclic) bond motifs is 1. The van der Waals surface area contributed by atoms with Crippen molar-refractivity contribution in [2.24, 2.45) is 5.92 Å². The second-order valence-electron chi connectivity index (χ2n) is 6.75. The van der Waals surface area contributed by atoms with Gasteiger partial charge in [-0.05, 0) is 24.5 Å². The van der Waals surface area contributed by atoms with Crippen LogP contribution in [-0.4, -0.2) is 38.7 Å². The number of hydrogen-bond acceptors (Lipinski definition) is 6. The fourth-order valence-corrected chi connectivity index (χ4v) is 3.08. The van der Waals surface area contributed by atoms with E-state index < -0.39 is 0 Å². The lowest BCUT2D eigenvalue weighted by molar-refractivity contribution is 0.0929. The fraction of sp³-hybridized carbons (Fsp3) is 0.529. The number of carbonyl (C=O) groups is 1. The molecule has 134 valence electrons. The molecular formula is C17H25N7O. The van der Waals surface area contributed by atoms with Gasteiger partial charge in [0.25, 0.3) is 5.91 Å². The molecule has 2 aromatic rings. The number of hydrogen-bond donors (Lipinski definition) is 3. The number of nitrogens with zero attached hydrogens (tertiary/aromatic N) is 4. The van der Waals surface area contributed by atoms with Crippen molar-refractivity contribution in [1.82, 2.24) is 30.4 Å². The largest absolute Gasteiger partial charge is 0.384 e. The number of pyridine rings is 1. The molecule has 0 fully saturated rings. The van der Waals surface area contributed by atoms with Crippen molar-refractivity contribution in [2.75, 3.05) is 18.8 Å². The molecule has 0 aromatic carbocycles. The molecule has 0 spiro atoms. The second kappa shape index (κ2) is 7.60. The Kier molecular flexibility index (Phi) is 5.28. The normalized spacial score (nSPS) is 15.5. The maximum Gasteiger partial charge on any atom is 0.252 e. The number of rotatable bonds is 5. The lowest BCUT2D eigenvalue weighted by atomic mass is 10.0. The highest BCUT2D eigenvalue weighted by Crippen LogP contribution is 2.22. The lowest BCUT2D eigenvalue weighted by Gasteiger charge is -2.21. The smallest absolute Gasteiger partial charge is 0.252 e.